The minimum atomic E-state index is -0.147. The third-order valence-corrected chi connectivity index (χ3v) is 2.80. The van der Waals surface area contributed by atoms with Crippen LogP contribution in [0.1, 0.15) is 27.0 Å². The molecule has 0 saturated carbocycles. The highest BCUT2D eigenvalue weighted by Gasteiger charge is 2.14. The maximum atomic E-state index is 12.2. The molecule has 0 aliphatic carbocycles. The summed E-state index contributed by atoms with van der Waals surface area (Å²) in [5.74, 6) is -0.0794. The number of aromatic hydroxyl groups is 1. The van der Waals surface area contributed by atoms with Gasteiger partial charge in [0.05, 0.1) is 5.56 Å². The standard InChI is InChI=1S/C15H14O2/c1-10-6-8-12(9-7-10)15(17)13-5-3-4-11(2)14(13)16/h3-9,16H,1-2H3. The number of rotatable bonds is 2. The van der Waals surface area contributed by atoms with Crippen molar-refractivity contribution in [1.29, 1.82) is 0 Å². The van der Waals surface area contributed by atoms with E-state index in [9.17, 15) is 9.90 Å². The average Bonchev–Trinajstić information content (AvgIpc) is 2.33. The second-order valence-corrected chi connectivity index (χ2v) is 4.17. The number of carbonyl (C=O) groups is 1. The molecule has 2 heteroatoms. The molecular weight excluding hydrogens is 212 g/mol. The summed E-state index contributed by atoms with van der Waals surface area (Å²) in [5.41, 5.74) is 2.77. The van der Waals surface area contributed by atoms with E-state index in [0.29, 0.717) is 16.7 Å². The molecule has 0 aromatic heterocycles. The molecule has 0 aliphatic heterocycles. The van der Waals surface area contributed by atoms with E-state index in [2.05, 4.69) is 0 Å². The van der Waals surface area contributed by atoms with E-state index in [4.69, 9.17) is 0 Å². The Morgan fingerprint density at radius 3 is 2.29 bits per heavy atom. The van der Waals surface area contributed by atoms with Crippen molar-refractivity contribution in [2.45, 2.75) is 13.8 Å². The molecule has 0 saturated heterocycles. The largest absolute Gasteiger partial charge is 0.507 e. The van der Waals surface area contributed by atoms with Crippen LogP contribution in [0, 0.1) is 13.8 Å². The summed E-state index contributed by atoms with van der Waals surface area (Å²) in [7, 11) is 0. The highest BCUT2D eigenvalue weighted by Crippen LogP contribution is 2.24. The van der Waals surface area contributed by atoms with Gasteiger partial charge in [-0.3, -0.25) is 4.79 Å². The van der Waals surface area contributed by atoms with E-state index >= 15 is 0 Å². The molecule has 2 aromatic rings. The highest BCUT2D eigenvalue weighted by atomic mass is 16.3. The number of para-hydroxylation sites is 1. The number of hydrogen-bond donors (Lipinski definition) is 1. The molecule has 0 aliphatic rings. The number of aryl methyl sites for hydroxylation is 2. The van der Waals surface area contributed by atoms with Crippen molar-refractivity contribution in [2.24, 2.45) is 0 Å². The van der Waals surface area contributed by atoms with E-state index in [0.717, 1.165) is 5.56 Å². The van der Waals surface area contributed by atoms with Gasteiger partial charge in [0.2, 0.25) is 0 Å². The van der Waals surface area contributed by atoms with Gasteiger partial charge in [0.25, 0.3) is 0 Å². The van der Waals surface area contributed by atoms with Crippen LogP contribution in [0.15, 0.2) is 42.5 Å². The van der Waals surface area contributed by atoms with Crippen LogP contribution in [0.4, 0.5) is 0 Å². The minimum absolute atomic E-state index is 0.0677. The number of ketones is 1. The number of phenolic OH excluding ortho intramolecular Hbond substituents is 1. The van der Waals surface area contributed by atoms with Crippen molar-refractivity contribution in [3.05, 3.63) is 64.7 Å². The average molecular weight is 226 g/mol. The van der Waals surface area contributed by atoms with Gasteiger partial charge < -0.3 is 5.11 Å². The first-order valence-electron chi connectivity index (χ1n) is 5.49. The Bertz CT molecular complexity index is 554. The van der Waals surface area contributed by atoms with Gasteiger partial charge >= 0.3 is 0 Å². The Kier molecular flexibility index (Phi) is 2.96. The molecule has 0 bridgehead atoms. The van der Waals surface area contributed by atoms with E-state index in [1.807, 2.05) is 19.1 Å². The van der Waals surface area contributed by atoms with Crippen molar-refractivity contribution < 1.29 is 9.90 Å². The molecule has 1 N–H and O–H groups in total. The summed E-state index contributed by atoms with van der Waals surface area (Å²) in [5, 5.41) is 9.86. The van der Waals surface area contributed by atoms with Gasteiger partial charge in [-0.05, 0) is 25.5 Å². The molecule has 2 aromatic carbocycles. The quantitative estimate of drug-likeness (QED) is 0.798. The summed E-state index contributed by atoms with van der Waals surface area (Å²) in [6, 6.07) is 12.5. The summed E-state index contributed by atoms with van der Waals surface area (Å²) >= 11 is 0. The van der Waals surface area contributed by atoms with Crippen molar-refractivity contribution >= 4 is 5.78 Å². The van der Waals surface area contributed by atoms with E-state index in [-0.39, 0.29) is 11.5 Å². The number of benzene rings is 2. The third kappa shape index (κ3) is 2.21. The molecule has 2 rings (SSSR count). The Morgan fingerprint density at radius 2 is 1.65 bits per heavy atom. The molecule has 0 fully saturated rings. The lowest BCUT2D eigenvalue weighted by Crippen LogP contribution is -2.02. The van der Waals surface area contributed by atoms with Crippen molar-refractivity contribution in [1.82, 2.24) is 0 Å². The predicted octanol–water partition coefficient (Wildman–Crippen LogP) is 3.24. The number of hydrogen-bond acceptors (Lipinski definition) is 2. The van der Waals surface area contributed by atoms with Gasteiger partial charge in [0.15, 0.2) is 5.78 Å². The summed E-state index contributed by atoms with van der Waals surface area (Å²) in [6.45, 7) is 3.75. The lowest BCUT2D eigenvalue weighted by molar-refractivity contribution is 0.103. The van der Waals surface area contributed by atoms with E-state index < -0.39 is 0 Å². The van der Waals surface area contributed by atoms with Gasteiger partial charge in [0.1, 0.15) is 5.75 Å². The predicted molar refractivity (Wildman–Crippen MR) is 67.5 cm³/mol. The van der Waals surface area contributed by atoms with E-state index in [1.54, 1.807) is 37.3 Å². The molecule has 86 valence electrons. The maximum Gasteiger partial charge on any atom is 0.196 e. The van der Waals surface area contributed by atoms with Gasteiger partial charge in [-0.25, -0.2) is 0 Å². The fourth-order valence-electron chi connectivity index (χ4n) is 1.70. The van der Waals surface area contributed by atoms with Crippen LogP contribution in [-0.2, 0) is 0 Å². The van der Waals surface area contributed by atoms with Gasteiger partial charge in [-0.2, -0.15) is 0 Å². The molecule has 0 spiro atoms. The second kappa shape index (κ2) is 4.42. The zero-order valence-electron chi connectivity index (χ0n) is 9.90. The fourth-order valence-corrected chi connectivity index (χ4v) is 1.70. The van der Waals surface area contributed by atoms with Crippen LogP contribution in [-0.4, -0.2) is 10.9 Å². The Labute approximate surface area is 101 Å². The SMILES string of the molecule is Cc1ccc(C(=O)c2cccc(C)c2O)cc1. The first-order chi connectivity index (χ1) is 8.09. The molecule has 17 heavy (non-hydrogen) atoms. The smallest absolute Gasteiger partial charge is 0.196 e. The zero-order valence-corrected chi connectivity index (χ0v) is 9.90. The van der Waals surface area contributed by atoms with Crippen LogP contribution in [0.3, 0.4) is 0 Å². The lowest BCUT2D eigenvalue weighted by Gasteiger charge is -2.06. The van der Waals surface area contributed by atoms with Crippen LogP contribution in [0.5, 0.6) is 5.75 Å². The van der Waals surface area contributed by atoms with Crippen molar-refractivity contribution in [3.63, 3.8) is 0 Å². The van der Waals surface area contributed by atoms with E-state index in [1.165, 1.54) is 0 Å². The molecule has 2 nitrogen and oxygen atoms in total. The molecule has 0 heterocycles. The Hall–Kier alpha value is -2.09. The van der Waals surface area contributed by atoms with Crippen LogP contribution < -0.4 is 0 Å². The normalized spacial score (nSPS) is 10.2. The van der Waals surface area contributed by atoms with Crippen molar-refractivity contribution in [2.75, 3.05) is 0 Å². The van der Waals surface area contributed by atoms with Crippen molar-refractivity contribution in [3.8, 4) is 5.75 Å². The Balaban J connectivity index is 2.44. The monoisotopic (exact) mass is 226 g/mol. The molecule has 0 amide bonds. The molecular formula is C15H14O2. The third-order valence-electron chi connectivity index (χ3n) is 2.80. The lowest BCUT2D eigenvalue weighted by atomic mass is 10.00. The van der Waals surface area contributed by atoms with Crippen LogP contribution >= 0.6 is 0 Å². The summed E-state index contributed by atoms with van der Waals surface area (Å²) in [6.07, 6.45) is 0. The highest BCUT2D eigenvalue weighted by molar-refractivity contribution is 6.10. The maximum absolute atomic E-state index is 12.2. The fraction of sp³-hybridized carbons (Fsp3) is 0.133. The molecule has 0 unspecified atom stereocenters. The minimum Gasteiger partial charge on any atom is -0.507 e. The first kappa shape index (κ1) is 11.4. The topological polar surface area (TPSA) is 37.3 Å². The molecule has 0 radical (unpaired) electrons. The first-order valence-corrected chi connectivity index (χ1v) is 5.49. The summed E-state index contributed by atoms with van der Waals surface area (Å²) in [4.78, 5) is 12.2. The second-order valence-electron chi connectivity index (χ2n) is 4.17. The van der Waals surface area contributed by atoms with Gasteiger partial charge in [0, 0.05) is 5.56 Å². The number of carbonyl (C=O) groups excluding carboxylic acids is 1. The zero-order chi connectivity index (χ0) is 12.4. The Morgan fingerprint density at radius 1 is 1.00 bits per heavy atom. The van der Waals surface area contributed by atoms with Crippen LogP contribution in [0.2, 0.25) is 0 Å². The number of phenols is 1. The molecule has 0 atom stereocenters. The summed E-state index contributed by atoms with van der Waals surface area (Å²) < 4.78 is 0. The van der Waals surface area contributed by atoms with Gasteiger partial charge in [-0.1, -0.05) is 42.0 Å². The van der Waals surface area contributed by atoms with Gasteiger partial charge in [-0.15, -0.1) is 0 Å². The van der Waals surface area contributed by atoms with Crippen LogP contribution in [0.25, 0.3) is 0 Å².